The van der Waals surface area contributed by atoms with Gasteiger partial charge in [0.2, 0.25) is 5.91 Å². The van der Waals surface area contributed by atoms with Gasteiger partial charge in [-0.15, -0.1) is 15.3 Å². The van der Waals surface area contributed by atoms with E-state index in [4.69, 9.17) is 0 Å². The molecule has 3 aromatic heterocycles. The van der Waals surface area contributed by atoms with Gasteiger partial charge in [-0.05, 0) is 31.2 Å². The summed E-state index contributed by atoms with van der Waals surface area (Å²) in [6.07, 6.45) is -4.57. The highest BCUT2D eigenvalue weighted by molar-refractivity contribution is 5.90. The third-order valence-electron chi connectivity index (χ3n) is 3.33. The van der Waals surface area contributed by atoms with Gasteiger partial charge in [-0.1, -0.05) is 6.07 Å². The van der Waals surface area contributed by atoms with E-state index in [0.29, 0.717) is 10.3 Å². The second-order valence-corrected chi connectivity index (χ2v) is 5.40. The van der Waals surface area contributed by atoms with Crippen molar-refractivity contribution in [2.75, 3.05) is 17.2 Å². The van der Waals surface area contributed by atoms with Crippen molar-refractivity contribution in [3.8, 4) is 0 Å². The van der Waals surface area contributed by atoms with Gasteiger partial charge in [0.05, 0.1) is 0 Å². The van der Waals surface area contributed by atoms with Crippen LogP contribution in [0.3, 0.4) is 0 Å². The molecule has 0 aliphatic heterocycles. The predicted molar refractivity (Wildman–Crippen MR) is 86.5 cm³/mol. The average Bonchev–Trinajstić information content (AvgIpc) is 2.98. The molecule has 3 heterocycles. The van der Waals surface area contributed by atoms with Crippen molar-refractivity contribution in [2.45, 2.75) is 19.5 Å². The smallest absolute Gasteiger partial charge is 0.368 e. The first kappa shape index (κ1) is 17.6. The third kappa shape index (κ3) is 4.05. The Kier molecular flexibility index (Phi) is 4.69. The zero-order valence-electron chi connectivity index (χ0n) is 13.6. The van der Waals surface area contributed by atoms with Crippen molar-refractivity contribution in [1.29, 1.82) is 0 Å². The monoisotopic (exact) mass is 365 g/mol. The summed E-state index contributed by atoms with van der Waals surface area (Å²) in [4.78, 5) is 16.0. The quantitative estimate of drug-likeness (QED) is 0.720. The fourth-order valence-electron chi connectivity index (χ4n) is 2.18. The van der Waals surface area contributed by atoms with Gasteiger partial charge in [0.1, 0.15) is 11.6 Å². The lowest BCUT2D eigenvalue weighted by Crippen LogP contribution is -2.18. The molecular weight excluding hydrogens is 351 g/mol. The first-order valence-corrected chi connectivity index (χ1v) is 7.60. The second kappa shape index (κ2) is 6.94. The molecule has 0 radical (unpaired) electrons. The van der Waals surface area contributed by atoms with Crippen molar-refractivity contribution in [3.05, 3.63) is 41.9 Å². The number of nitrogens with zero attached hydrogens (tertiary/aromatic N) is 5. The molecule has 0 atom stereocenters. The molecule has 3 aromatic rings. The number of rotatable bonds is 5. The van der Waals surface area contributed by atoms with Crippen LogP contribution in [-0.2, 0) is 11.0 Å². The molecule has 3 rings (SSSR count). The fraction of sp³-hybridized carbons (Fsp3) is 0.267. The molecule has 0 aliphatic carbocycles. The van der Waals surface area contributed by atoms with Crippen molar-refractivity contribution >= 4 is 23.2 Å². The molecule has 0 aromatic carbocycles. The molecule has 1 amide bonds. The largest absolute Gasteiger partial charge is 0.453 e. The molecule has 0 saturated carbocycles. The highest BCUT2D eigenvalue weighted by Crippen LogP contribution is 2.27. The van der Waals surface area contributed by atoms with Crippen LogP contribution < -0.4 is 10.6 Å². The molecule has 0 unspecified atom stereocenters. The van der Waals surface area contributed by atoms with Gasteiger partial charge in [-0.2, -0.15) is 17.7 Å². The van der Waals surface area contributed by atoms with E-state index in [2.05, 4.69) is 30.9 Å². The Labute approximate surface area is 145 Å². The number of anilines is 2. The number of hydrogen-bond donors (Lipinski definition) is 2. The Morgan fingerprint density at radius 1 is 1.15 bits per heavy atom. The molecule has 0 fully saturated rings. The van der Waals surface area contributed by atoms with E-state index in [0.717, 1.165) is 5.69 Å². The number of pyridine rings is 1. The van der Waals surface area contributed by atoms with Gasteiger partial charge in [-0.25, -0.2) is 4.98 Å². The Morgan fingerprint density at radius 3 is 2.69 bits per heavy atom. The van der Waals surface area contributed by atoms with E-state index in [1.807, 2.05) is 0 Å². The number of nitrogens with one attached hydrogen (secondary N) is 2. The summed E-state index contributed by atoms with van der Waals surface area (Å²) in [7, 11) is 0. The average molecular weight is 365 g/mol. The lowest BCUT2D eigenvalue weighted by Gasteiger charge is -2.08. The predicted octanol–water partition coefficient (Wildman–Crippen LogP) is 2.29. The van der Waals surface area contributed by atoms with Gasteiger partial charge >= 0.3 is 6.18 Å². The third-order valence-corrected chi connectivity index (χ3v) is 3.33. The van der Waals surface area contributed by atoms with Crippen molar-refractivity contribution in [3.63, 3.8) is 0 Å². The molecule has 136 valence electrons. The normalized spacial score (nSPS) is 11.5. The molecule has 2 N–H and O–H groups in total. The van der Waals surface area contributed by atoms with Gasteiger partial charge in [0.25, 0.3) is 5.82 Å². The molecule has 0 saturated heterocycles. The van der Waals surface area contributed by atoms with E-state index < -0.39 is 12.0 Å². The van der Waals surface area contributed by atoms with Crippen LogP contribution in [0.25, 0.3) is 5.65 Å². The number of hydrogen-bond acceptors (Lipinski definition) is 6. The minimum Gasteiger partial charge on any atom is -0.368 e. The molecule has 0 aliphatic rings. The molecule has 0 spiro atoms. The maximum Gasteiger partial charge on any atom is 0.453 e. The van der Waals surface area contributed by atoms with Crippen LogP contribution in [0.1, 0.15) is 17.9 Å². The number of aromatic nitrogens is 5. The summed E-state index contributed by atoms with van der Waals surface area (Å²) in [6.45, 7) is 1.98. The van der Waals surface area contributed by atoms with Crippen molar-refractivity contribution < 1.29 is 18.0 Å². The van der Waals surface area contributed by atoms with Crippen LogP contribution in [0.5, 0.6) is 0 Å². The van der Waals surface area contributed by atoms with Gasteiger partial charge in [0.15, 0.2) is 5.65 Å². The van der Waals surface area contributed by atoms with Crippen LogP contribution in [0.15, 0.2) is 30.3 Å². The Hall–Kier alpha value is -3.24. The molecule has 0 bridgehead atoms. The molecule has 11 heteroatoms. The summed E-state index contributed by atoms with van der Waals surface area (Å²) in [5.41, 5.74) is 0.749. The Balaban J connectivity index is 1.60. The topological polar surface area (TPSA) is 97.1 Å². The number of amides is 1. The highest BCUT2D eigenvalue weighted by Gasteiger charge is 2.37. The van der Waals surface area contributed by atoms with Gasteiger partial charge in [-0.3, -0.25) is 4.79 Å². The molecular formula is C15H14F3N7O. The van der Waals surface area contributed by atoms with E-state index in [1.54, 1.807) is 25.1 Å². The number of halogens is 3. The SMILES string of the molecule is Cc1cccc(NC(=O)CCNc2ccc3nnc(C(F)(F)F)n3n2)n1. The summed E-state index contributed by atoms with van der Waals surface area (Å²) < 4.78 is 39.1. The first-order valence-electron chi connectivity index (χ1n) is 7.60. The van der Waals surface area contributed by atoms with E-state index in [9.17, 15) is 18.0 Å². The lowest BCUT2D eigenvalue weighted by molar-refractivity contribution is -0.146. The maximum absolute atomic E-state index is 12.8. The standard InChI is InChI=1S/C15H14F3N7O/c1-9-3-2-4-11(20-9)21-13(26)7-8-19-10-5-6-12-22-23-14(15(16,17)18)25(12)24-10/h2-6H,7-8H2,1H3,(H,19,24)(H,20,21,26). The number of carbonyl (C=O) groups is 1. The maximum atomic E-state index is 12.8. The van der Waals surface area contributed by atoms with Crippen molar-refractivity contribution in [1.82, 2.24) is 24.8 Å². The number of aryl methyl sites for hydroxylation is 1. The Bertz CT molecular complexity index is 938. The molecule has 8 nitrogen and oxygen atoms in total. The van der Waals surface area contributed by atoms with Crippen molar-refractivity contribution in [2.24, 2.45) is 0 Å². The summed E-state index contributed by atoms with van der Waals surface area (Å²) in [5, 5.41) is 15.8. The second-order valence-electron chi connectivity index (χ2n) is 5.40. The van der Waals surface area contributed by atoms with E-state index >= 15 is 0 Å². The van der Waals surface area contributed by atoms with Gasteiger partial charge in [0, 0.05) is 18.7 Å². The summed E-state index contributed by atoms with van der Waals surface area (Å²) in [5.74, 6) is -0.880. The molecule has 26 heavy (non-hydrogen) atoms. The van der Waals surface area contributed by atoms with Crippen LogP contribution in [0, 0.1) is 6.92 Å². The Morgan fingerprint density at radius 2 is 1.96 bits per heavy atom. The minimum absolute atomic E-state index is 0.0221. The van der Waals surface area contributed by atoms with Gasteiger partial charge < -0.3 is 10.6 Å². The highest BCUT2D eigenvalue weighted by atomic mass is 19.4. The van der Waals surface area contributed by atoms with Crippen LogP contribution in [0.2, 0.25) is 0 Å². The van der Waals surface area contributed by atoms with Crippen LogP contribution >= 0.6 is 0 Å². The number of fused-ring (bicyclic) bond motifs is 1. The zero-order chi connectivity index (χ0) is 18.7. The number of carbonyl (C=O) groups excluding carboxylic acids is 1. The first-order chi connectivity index (χ1) is 12.3. The number of alkyl halides is 3. The summed E-state index contributed by atoms with van der Waals surface area (Å²) in [6, 6.07) is 8.06. The fourth-order valence-corrected chi connectivity index (χ4v) is 2.18. The van der Waals surface area contributed by atoms with E-state index in [-0.39, 0.29) is 30.3 Å². The van der Waals surface area contributed by atoms with E-state index in [1.165, 1.54) is 12.1 Å². The zero-order valence-corrected chi connectivity index (χ0v) is 13.6. The minimum atomic E-state index is -4.66. The lowest BCUT2D eigenvalue weighted by atomic mass is 10.3. The van der Waals surface area contributed by atoms with Crippen LogP contribution in [-0.4, -0.2) is 37.2 Å². The van der Waals surface area contributed by atoms with Crippen LogP contribution in [0.4, 0.5) is 24.8 Å². The summed E-state index contributed by atoms with van der Waals surface area (Å²) >= 11 is 0.